The first-order valence-corrected chi connectivity index (χ1v) is 13.3. The summed E-state index contributed by atoms with van der Waals surface area (Å²) < 4.78 is 35.7. The van der Waals surface area contributed by atoms with Crippen LogP contribution in [0.2, 0.25) is 0 Å². The number of nitrogens with zero attached hydrogens (tertiary/aromatic N) is 2. The van der Waals surface area contributed by atoms with Crippen molar-refractivity contribution in [1.82, 2.24) is 4.57 Å². The fourth-order valence-corrected chi connectivity index (χ4v) is 5.93. The second-order valence-electron chi connectivity index (χ2n) is 8.36. The van der Waals surface area contributed by atoms with Gasteiger partial charge in [-0.1, -0.05) is 47.2 Å². The third-order valence-electron chi connectivity index (χ3n) is 5.56. The Morgan fingerprint density at radius 3 is 2.39 bits per heavy atom. The number of aryl methyl sites for hydroxylation is 3. The number of esters is 1. The molecule has 1 amide bonds. The van der Waals surface area contributed by atoms with E-state index >= 15 is 0 Å². The quantitative estimate of drug-likeness (QED) is 0.378. The summed E-state index contributed by atoms with van der Waals surface area (Å²) in [7, 11) is -2.63. The van der Waals surface area contributed by atoms with Crippen molar-refractivity contribution in [3.05, 3.63) is 87.7 Å². The molecule has 4 aromatic rings. The third kappa shape index (κ3) is 5.24. The first kappa shape index (κ1) is 25.3. The minimum Gasteiger partial charge on any atom is -0.468 e. The van der Waals surface area contributed by atoms with Crippen molar-refractivity contribution in [3.8, 4) is 0 Å². The summed E-state index contributed by atoms with van der Waals surface area (Å²) in [5.74, 6) is -1.12. The van der Waals surface area contributed by atoms with Crippen LogP contribution in [0.3, 0.4) is 0 Å². The van der Waals surface area contributed by atoms with Gasteiger partial charge in [0, 0.05) is 0 Å². The number of para-hydroxylation sites is 1. The Balaban J connectivity index is 1.79. The maximum Gasteiger partial charge on any atom is 0.325 e. The molecule has 0 bridgehead atoms. The van der Waals surface area contributed by atoms with Crippen molar-refractivity contribution >= 4 is 49.1 Å². The number of aromatic nitrogens is 1. The molecular weight excluding hydrogens is 498 g/mol. The molecule has 0 atom stereocenters. The molecule has 186 valence electrons. The lowest BCUT2D eigenvalue weighted by Gasteiger charge is -2.11. The van der Waals surface area contributed by atoms with Crippen LogP contribution >= 0.6 is 11.3 Å². The summed E-state index contributed by atoms with van der Waals surface area (Å²) >= 11 is 1.28. The summed E-state index contributed by atoms with van der Waals surface area (Å²) in [4.78, 5) is 30.1. The molecule has 0 radical (unpaired) electrons. The Morgan fingerprint density at radius 1 is 1.00 bits per heavy atom. The molecule has 1 aromatic heterocycles. The Morgan fingerprint density at radius 2 is 1.69 bits per heavy atom. The van der Waals surface area contributed by atoms with Gasteiger partial charge in [0.15, 0.2) is 4.80 Å². The van der Waals surface area contributed by atoms with Crippen molar-refractivity contribution < 1.29 is 22.7 Å². The lowest BCUT2D eigenvalue weighted by atomic mass is 10.1. The fourth-order valence-electron chi connectivity index (χ4n) is 3.77. The molecule has 1 N–H and O–H groups in total. The number of fused-ring (bicyclic) bond motifs is 1. The minimum atomic E-state index is -3.92. The van der Waals surface area contributed by atoms with Crippen LogP contribution in [0.25, 0.3) is 10.2 Å². The second kappa shape index (κ2) is 10.1. The van der Waals surface area contributed by atoms with Crippen molar-refractivity contribution in [3.63, 3.8) is 0 Å². The first-order valence-electron chi connectivity index (χ1n) is 11.0. The normalized spacial score (nSPS) is 12.1. The summed E-state index contributed by atoms with van der Waals surface area (Å²) in [5.41, 5.74) is 3.89. The molecule has 10 heteroatoms. The molecule has 0 aliphatic rings. The SMILES string of the molecule is COC(=O)Cn1c(=NC(=O)c2ccccc2NS(=O)(=O)c2ccc(C)cc2)sc2c(C)cc(C)cc21. The van der Waals surface area contributed by atoms with Crippen molar-refractivity contribution in [2.24, 2.45) is 4.99 Å². The van der Waals surface area contributed by atoms with Gasteiger partial charge >= 0.3 is 5.97 Å². The number of benzene rings is 3. The third-order valence-corrected chi connectivity index (χ3v) is 8.17. The van der Waals surface area contributed by atoms with Gasteiger partial charge in [0.05, 0.1) is 33.5 Å². The number of hydrogen-bond donors (Lipinski definition) is 1. The molecule has 3 aromatic carbocycles. The van der Waals surface area contributed by atoms with E-state index in [1.165, 1.54) is 42.7 Å². The van der Waals surface area contributed by atoms with E-state index in [1.54, 1.807) is 28.8 Å². The first-order chi connectivity index (χ1) is 17.1. The molecule has 0 fully saturated rings. The van der Waals surface area contributed by atoms with Crippen LogP contribution in [-0.4, -0.2) is 32.0 Å². The Hall–Kier alpha value is -3.76. The Bertz CT molecular complexity index is 1650. The second-order valence-corrected chi connectivity index (χ2v) is 11.0. The van der Waals surface area contributed by atoms with E-state index in [4.69, 9.17) is 4.74 Å². The number of carbonyl (C=O) groups is 2. The summed E-state index contributed by atoms with van der Waals surface area (Å²) in [6.45, 7) is 5.65. The van der Waals surface area contributed by atoms with Crippen LogP contribution in [0, 0.1) is 20.8 Å². The van der Waals surface area contributed by atoms with E-state index in [0.717, 1.165) is 26.9 Å². The fraction of sp³-hybridized carbons (Fsp3) is 0.192. The highest BCUT2D eigenvalue weighted by Gasteiger charge is 2.19. The molecule has 0 aliphatic heterocycles. The van der Waals surface area contributed by atoms with Crippen LogP contribution in [-0.2, 0) is 26.1 Å². The number of sulfonamides is 1. The van der Waals surface area contributed by atoms with E-state index in [9.17, 15) is 18.0 Å². The minimum absolute atomic E-state index is 0.0820. The van der Waals surface area contributed by atoms with E-state index < -0.39 is 21.9 Å². The molecule has 4 rings (SSSR count). The molecule has 36 heavy (non-hydrogen) atoms. The van der Waals surface area contributed by atoms with Crippen LogP contribution < -0.4 is 9.52 Å². The molecule has 8 nitrogen and oxygen atoms in total. The Kier molecular flexibility index (Phi) is 7.09. The number of rotatable bonds is 6. The number of hydrogen-bond acceptors (Lipinski definition) is 6. The summed E-state index contributed by atoms with van der Waals surface area (Å²) in [5, 5.41) is 0. The van der Waals surface area contributed by atoms with E-state index in [-0.39, 0.29) is 22.7 Å². The number of amides is 1. The topological polar surface area (TPSA) is 107 Å². The number of nitrogens with one attached hydrogen (secondary N) is 1. The highest BCUT2D eigenvalue weighted by Crippen LogP contribution is 2.25. The largest absolute Gasteiger partial charge is 0.468 e. The van der Waals surface area contributed by atoms with Gasteiger partial charge < -0.3 is 9.30 Å². The maximum atomic E-state index is 13.3. The van der Waals surface area contributed by atoms with Crippen LogP contribution in [0.1, 0.15) is 27.0 Å². The van der Waals surface area contributed by atoms with E-state index in [1.807, 2.05) is 32.9 Å². The summed E-state index contributed by atoms with van der Waals surface area (Å²) in [6, 6.07) is 16.6. The predicted octanol–water partition coefficient (Wildman–Crippen LogP) is 4.34. The van der Waals surface area contributed by atoms with Crippen molar-refractivity contribution in [1.29, 1.82) is 0 Å². The van der Waals surface area contributed by atoms with Crippen LogP contribution in [0.4, 0.5) is 5.69 Å². The summed E-state index contributed by atoms with van der Waals surface area (Å²) in [6.07, 6.45) is 0. The zero-order chi connectivity index (χ0) is 26.0. The van der Waals surface area contributed by atoms with Gasteiger partial charge in [-0.15, -0.1) is 0 Å². The number of ether oxygens (including phenoxy) is 1. The van der Waals surface area contributed by atoms with Gasteiger partial charge in [0.25, 0.3) is 15.9 Å². The highest BCUT2D eigenvalue weighted by molar-refractivity contribution is 7.92. The molecule has 0 saturated heterocycles. The van der Waals surface area contributed by atoms with Gasteiger partial charge in [-0.3, -0.25) is 14.3 Å². The average Bonchev–Trinajstić information content (AvgIpc) is 3.16. The lowest BCUT2D eigenvalue weighted by molar-refractivity contribution is -0.141. The number of anilines is 1. The average molecular weight is 524 g/mol. The van der Waals surface area contributed by atoms with Gasteiger partial charge in [0.2, 0.25) is 0 Å². The number of carbonyl (C=O) groups excluding carboxylic acids is 2. The molecule has 1 heterocycles. The zero-order valence-corrected chi connectivity index (χ0v) is 21.9. The lowest BCUT2D eigenvalue weighted by Crippen LogP contribution is -2.23. The zero-order valence-electron chi connectivity index (χ0n) is 20.2. The molecular formula is C26H25N3O5S2. The molecule has 0 saturated carbocycles. The van der Waals surface area contributed by atoms with Gasteiger partial charge in [-0.25, -0.2) is 8.42 Å². The molecule has 0 unspecified atom stereocenters. The van der Waals surface area contributed by atoms with Crippen molar-refractivity contribution in [2.45, 2.75) is 32.2 Å². The monoisotopic (exact) mass is 523 g/mol. The van der Waals surface area contributed by atoms with E-state index in [2.05, 4.69) is 9.71 Å². The maximum absolute atomic E-state index is 13.3. The molecule has 0 aliphatic carbocycles. The Labute approximate surface area is 212 Å². The van der Waals surface area contributed by atoms with Gasteiger partial charge in [-0.05, 0) is 62.2 Å². The number of thiazole rings is 1. The van der Waals surface area contributed by atoms with Gasteiger partial charge in [-0.2, -0.15) is 4.99 Å². The number of methoxy groups -OCH3 is 1. The van der Waals surface area contributed by atoms with E-state index in [0.29, 0.717) is 4.80 Å². The standard InChI is InChI=1S/C26H25N3O5S2/c1-16-9-11-19(12-10-16)36(32,33)28-21-8-6-5-7-20(21)25(31)27-26-29(15-23(30)34-4)22-14-17(2)13-18(3)24(22)35-26/h5-14,28H,15H2,1-4H3. The van der Waals surface area contributed by atoms with Crippen molar-refractivity contribution in [2.75, 3.05) is 11.8 Å². The van der Waals surface area contributed by atoms with Crippen LogP contribution in [0.15, 0.2) is 70.6 Å². The van der Waals surface area contributed by atoms with Crippen LogP contribution in [0.5, 0.6) is 0 Å². The molecule has 0 spiro atoms. The predicted molar refractivity (Wildman–Crippen MR) is 140 cm³/mol. The smallest absolute Gasteiger partial charge is 0.325 e. The highest BCUT2D eigenvalue weighted by atomic mass is 32.2. The van der Waals surface area contributed by atoms with Gasteiger partial charge in [0.1, 0.15) is 6.54 Å².